The van der Waals surface area contributed by atoms with Gasteiger partial charge in [-0.25, -0.2) is 0 Å². The van der Waals surface area contributed by atoms with Gasteiger partial charge in [0.25, 0.3) is 0 Å². The van der Waals surface area contributed by atoms with Crippen molar-refractivity contribution >= 4 is 22.2 Å². The van der Waals surface area contributed by atoms with Gasteiger partial charge in [-0.1, -0.05) is 30.3 Å². The monoisotopic (exact) mass is 428 g/mol. The number of para-hydroxylation sites is 1. The minimum Gasteiger partial charge on any atom is -0.406 e. The lowest BCUT2D eigenvalue weighted by atomic mass is 9.92. The molecule has 2 aromatic heterocycles. The second kappa shape index (κ2) is 7.49. The zero-order valence-corrected chi connectivity index (χ0v) is 16.8. The Morgan fingerprint density at radius 2 is 1.87 bits per heavy atom. The normalized spacial score (nSPS) is 17.2. The van der Waals surface area contributed by atoms with E-state index < -0.39 is 6.36 Å². The Labute approximate surface area is 175 Å². The summed E-state index contributed by atoms with van der Waals surface area (Å²) < 4.78 is 41.6. The van der Waals surface area contributed by atoms with Crippen molar-refractivity contribution in [1.82, 2.24) is 9.88 Å². The highest BCUT2D eigenvalue weighted by Crippen LogP contribution is 2.39. The molecule has 1 aliphatic heterocycles. The molecular weight excluding hydrogens is 409 g/mol. The van der Waals surface area contributed by atoms with Crippen molar-refractivity contribution in [2.45, 2.75) is 25.4 Å². The van der Waals surface area contributed by atoms with Crippen LogP contribution < -0.4 is 4.74 Å². The van der Waals surface area contributed by atoms with Crippen LogP contribution in [0.5, 0.6) is 5.75 Å². The molecule has 3 nitrogen and oxygen atoms in total. The number of nitrogens with zero attached hydrogens (tertiary/aromatic N) is 1. The van der Waals surface area contributed by atoms with Gasteiger partial charge in [0.1, 0.15) is 5.75 Å². The Morgan fingerprint density at radius 3 is 2.67 bits per heavy atom. The van der Waals surface area contributed by atoms with Crippen LogP contribution in [0.25, 0.3) is 10.9 Å². The minimum atomic E-state index is -4.69. The number of aromatic nitrogens is 1. The first-order valence-electron chi connectivity index (χ1n) is 9.69. The number of benzene rings is 2. The smallest absolute Gasteiger partial charge is 0.406 e. The van der Waals surface area contributed by atoms with E-state index in [0.29, 0.717) is 0 Å². The molecule has 7 heteroatoms. The van der Waals surface area contributed by atoms with E-state index in [9.17, 15) is 13.2 Å². The Bertz CT molecular complexity index is 1160. The van der Waals surface area contributed by atoms with Crippen molar-refractivity contribution in [3.05, 3.63) is 87.7 Å². The van der Waals surface area contributed by atoms with Crippen LogP contribution in [0.3, 0.4) is 0 Å². The van der Waals surface area contributed by atoms with Crippen LogP contribution in [0.4, 0.5) is 13.2 Å². The van der Waals surface area contributed by atoms with Crippen LogP contribution >= 0.6 is 11.3 Å². The third-order valence-corrected chi connectivity index (χ3v) is 6.54. The SMILES string of the molecule is FC(F)(F)Oc1ccc([C@@H]2c3ccsc3CCN2Cc2c[nH]c3ccccc23)cc1. The average Bonchev–Trinajstić information content (AvgIpc) is 3.35. The molecule has 0 amide bonds. The number of fused-ring (bicyclic) bond motifs is 2. The van der Waals surface area contributed by atoms with Crippen LogP contribution in [-0.4, -0.2) is 22.8 Å². The van der Waals surface area contributed by atoms with Gasteiger partial charge < -0.3 is 9.72 Å². The van der Waals surface area contributed by atoms with Crippen LogP contribution in [0.1, 0.15) is 27.6 Å². The Hall–Kier alpha value is -2.77. The van der Waals surface area contributed by atoms with Gasteiger partial charge in [-0.05, 0) is 52.8 Å². The van der Waals surface area contributed by atoms with Gasteiger partial charge in [0.15, 0.2) is 0 Å². The third kappa shape index (κ3) is 3.70. The standard InChI is InChI=1S/C23H19F3N2OS/c24-23(25,26)29-17-7-5-15(6-8-17)22-19-10-12-30-21(19)9-11-28(22)14-16-13-27-20-4-2-1-3-18(16)20/h1-8,10,12-13,22,27H,9,11,14H2/t22-/m1/s1. The Balaban J connectivity index is 1.48. The molecule has 30 heavy (non-hydrogen) atoms. The molecule has 3 heterocycles. The van der Waals surface area contributed by atoms with Crippen molar-refractivity contribution in [2.75, 3.05) is 6.54 Å². The predicted octanol–water partition coefficient (Wildman–Crippen LogP) is 6.28. The molecule has 0 saturated carbocycles. The molecule has 0 spiro atoms. The van der Waals surface area contributed by atoms with Gasteiger partial charge in [-0.2, -0.15) is 0 Å². The molecule has 0 bridgehead atoms. The molecule has 0 aliphatic carbocycles. The number of ether oxygens (including phenoxy) is 1. The molecule has 1 atom stereocenters. The summed E-state index contributed by atoms with van der Waals surface area (Å²) in [5.74, 6) is -0.198. The van der Waals surface area contributed by atoms with Crippen LogP contribution in [0.15, 0.2) is 66.2 Å². The van der Waals surface area contributed by atoms with Crippen molar-refractivity contribution in [3.63, 3.8) is 0 Å². The first-order valence-corrected chi connectivity index (χ1v) is 10.6. The highest BCUT2D eigenvalue weighted by atomic mass is 32.1. The van der Waals surface area contributed by atoms with Gasteiger partial charge >= 0.3 is 6.36 Å². The number of thiophene rings is 1. The topological polar surface area (TPSA) is 28.3 Å². The molecule has 5 rings (SSSR count). The lowest BCUT2D eigenvalue weighted by Gasteiger charge is -2.36. The van der Waals surface area contributed by atoms with Crippen molar-refractivity contribution in [2.24, 2.45) is 0 Å². The lowest BCUT2D eigenvalue weighted by molar-refractivity contribution is -0.274. The molecule has 0 radical (unpaired) electrons. The number of hydrogen-bond acceptors (Lipinski definition) is 3. The molecule has 4 aromatic rings. The van der Waals surface area contributed by atoms with Crippen LogP contribution in [0.2, 0.25) is 0 Å². The summed E-state index contributed by atoms with van der Waals surface area (Å²) in [6, 6.07) is 16.6. The summed E-state index contributed by atoms with van der Waals surface area (Å²) in [5, 5.41) is 3.29. The fourth-order valence-electron chi connectivity index (χ4n) is 4.26. The zero-order valence-electron chi connectivity index (χ0n) is 15.9. The number of H-pyrrole nitrogens is 1. The van der Waals surface area contributed by atoms with Gasteiger partial charge in [0.05, 0.1) is 6.04 Å². The Kier molecular flexibility index (Phi) is 4.79. The summed E-state index contributed by atoms with van der Waals surface area (Å²) in [6.45, 7) is 1.64. The summed E-state index contributed by atoms with van der Waals surface area (Å²) in [4.78, 5) is 7.06. The van der Waals surface area contributed by atoms with Gasteiger partial charge in [-0.15, -0.1) is 24.5 Å². The van der Waals surface area contributed by atoms with E-state index in [1.807, 2.05) is 18.3 Å². The number of halogens is 3. The maximum absolute atomic E-state index is 12.5. The number of nitrogens with one attached hydrogen (secondary N) is 1. The van der Waals surface area contributed by atoms with E-state index >= 15 is 0 Å². The second-order valence-electron chi connectivity index (χ2n) is 7.40. The molecule has 0 saturated heterocycles. The van der Waals surface area contributed by atoms with Crippen molar-refractivity contribution in [3.8, 4) is 5.75 Å². The van der Waals surface area contributed by atoms with Gasteiger partial charge in [-0.3, -0.25) is 4.90 Å². The second-order valence-corrected chi connectivity index (χ2v) is 8.40. The summed E-state index contributed by atoms with van der Waals surface area (Å²) in [5.41, 5.74) is 4.51. The van der Waals surface area contributed by atoms with E-state index in [0.717, 1.165) is 30.6 Å². The van der Waals surface area contributed by atoms with Crippen molar-refractivity contribution in [1.29, 1.82) is 0 Å². The molecule has 1 aliphatic rings. The van der Waals surface area contributed by atoms with E-state index in [1.54, 1.807) is 23.5 Å². The number of alkyl halides is 3. The molecular formula is C23H19F3N2OS. The largest absolute Gasteiger partial charge is 0.573 e. The van der Waals surface area contributed by atoms with Crippen LogP contribution in [-0.2, 0) is 13.0 Å². The van der Waals surface area contributed by atoms with E-state index in [2.05, 4.69) is 38.2 Å². The maximum atomic E-state index is 12.5. The highest BCUT2D eigenvalue weighted by molar-refractivity contribution is 7.10. The maximum Gasteiger partial charge on any atom is 0.573 e. The lowest BCUT2D eigenvalue weighted by Crippen LogP contribution is -2.34. The summed E-state index contributed by atoms with van der Waals surface area (Å²) in [7, 11) is 0. The van der Waals surface area contributed by atoms with E-state index in [4.69, 9.17) is 0 Å². The third-order valence-electron chi connectivity index (χ3n) is 5.54. The number of aromatic amines is 1. The van der Waals surface area contributed by atoms with Crippen LogP contribution in [0, 0.1) is 0 Å². The van der Waals surface area contributed by atoms with Gasteiger partial charge in [0.2, 0.25) is 0 Å². The quantitative estimate of drug-likeness (QED) is 0.415. The molecule has 1 N–H and O–H groups in total. The number of hydrogen-bond donors (Lipinski definition) is 1. The van der Waals surface area contributed by atoms with E-state index in [-0.39, 0.29) is 11.8 Å². The first kappa shape index (κ1) is 19.2. The van der Waals surface area contributed by atoms with E-state index in [1.165, 1.54) is 33.5 Å². The zero-order chi connectivity index (χ0) is 20.7. The molecule has 2 aromatic carbocycles. The fraction of sp³-hybridized carbons (Fsp3) is 0.217. The van der Waals surface area contributed by atoms with Gasteiger partial charge in [0, 0.05) is 35.1 Å². The average molecular weight is 428 g/mol. The minimum absolute atomic E-state index is 0.00593. The van der Waals surface area contributed by atoms with Crippen molar-refractivity contribution < 1.29 is 17.9 Å². The fourth-order valence-corrected chi connectivity index (χ4v) is 5.17. The Morgan fingerprint density at radius 1 is 1.07 bits per heavy atom. The summed E-state index contributed by atoms with van der Waals surface area (Å²) >= 11 is 1.74. The summed E-state index contributed by atoms with van der Waals surface area (Å²) in [6.07, 6.45) is -1.67. The first-order chi connectivity index (χ1) is 14.5. The highest BCUT2D eigenvalue weighted by Gasteiger charge is 2.32. The molecule has 0 fully saturated rings. The molecule has 0 unspecified atom stereocenters. The predicted molar refractivity (Wildman–Crippen MR) is 112 cm³/mol. The molecule has 154 valence electrons. The number of rotatable bonds is 4.